The summed E-state index contributed by atoms with van der Waals surface area (Å²) in [6.07, 6.45) is 1.84. The molecule has 6 heteroatoms. The van der Waals surface area contributed by atoms with Crippen molar-refractivity contribution >= 4 is 32.8 Å². The zero-order valence-electron chi connectivity index (χ0n) is 16.7. The Hall–Kier alpha value is -2.31. The van der Waals surface area contributed by atoms with Crippen LogP contribution in [-0.2, 0) is 6.54 Å². The first kappa shape index (κ1) is 20.0. The molecule has 1 N–H and O–H groups in total. The highest BCUT2D eigenvalue weighted by Crippen LogP contribution is 2.28. The van der Waals surface area contributed by atoms with Gasteiger partial charge in [-0.1, -0.05) is 34.1 Å². The first-order valence-corrected chi connectivity index (χ1v) is 10.7. The van der Waals surface area contributed by atoms with E-state index in [1.807, 2.05) is 43.3 Å². The van der Waals surface area contributed by atoms with E-state index in [2.05, 4.69) is 32.2 Å². The molecule has 5 nitrogen and oxygen atoms in total. The Morgan fingerprint density at radius 3 is 2.76 bits per heavy atom. The molecular weight excluding hydrogens is 432 g/mol. The molecule has 152 valence electrons. The lowest BCUT2D eigenvalue weighted by atomic mass is 10.0. The molecule has 0 atom stereocenters. The summed E-state index contributed by atoms with van der Waals surface area (Å²) < 4.78 is 12.3. The molecule has 2 heterocycles. The lowest BCUT2D eigenvalue weighted by Gasteiger charge is -2.32. The number of para-hydroxylation sites is 1. The second kappa shape index (κ2) is 8.59. The molecule has 4 rings (SSSR count). The molecule has 2 aromatic carbocycles. The number of carbonyl (C=O) groups excluding carboxylic acids is 1. The number of halogens is 1. The van der Waals surface area contributed by atoms with E-state index < -0.39 is 0 Å². The molecule has 1 saturated heterocycles. The monoisotopic (exact) mass is 456 g/mol. The second-order valence-electron chi connectivity index (χ2n) is 7.53. The molecule has 0 unspecified atom stereocenters. The van der Waals surface area contributed by atoms with Crippen LogP contribution in [0.25, 0.3) is 11.0 Å². The maximum atomic E-state index is 12.8. The maximum absolute atomic E-state index is 12.8. The number of hydrogen-bond donors (Lipinski definition) is 1. The number of benzene rings is 2. The topological polar surface area (TPSA) is 54.7 Å². The van der Waals surface area contributed by atoms with Gasteiger partial charge >= 0.3 is 0 Å². The Bertz CT molecular complexity index is 1020. The van der Waals surface area contributed by atoms with Crippen LogP contribution in [0.5, 0.6) is 5.75 Å². The Labute approximate surface area is 179 Å². The molecule has 29 heavy (non-hydrogen) atoms. The van der Waals surface area contributed by atoms with Crippen molar-refractivity contribution in [2.75, 3.05) is 20.2 Å². The van der Waals surface area contributed by atoms with E-state index in [9.17, 15) is 4.79 Å². The first-order chi connectivity index (χ1) is 14.0. The number of nitrogens with zero attached hydrogens (tertiary/aromatic N) is 1. The largest absolute Gasteiger partial charge is 0.496 e. The standard InChI is InChI=1S/C23H25BrN2O3/c1-15-19-13-17(24)7-8-21(19)29-22(15)23(27)25-18-9-11-26(12-10-18)14-16-5-3-4-6-20(16)28-2/h3-8,13,18H,9-12,14H2,1-2H3,(H,25,27). The van der Waals surface area contributed by atoms with Gasteiger partial charge in [-0.15, -0.1) is 0 Å². The number of rotatable bonds is 5. The van der Waals surface area contributed by atoms with E-state index in [0.29, 0.717) is 5.76 Å². The Kier molecular flexibility index (Phi) is 5.92. The van der Waals surface area contributed by atoms with Crippen LogP contribution in [0, 0.1) is 6.92 Å². The van der Waals surface area contributed by atoms with Crippen molar-refractivity contribution in [3.05, 3.63) is 63.8 Å². The van der Waals surface area contributed by atoms with E-state index in [0.717, 1.165) is 59.2 Å². The summed E-state index contributed by atoms with van der Waals surface area (Å²) >= 11 is 3.48. The number of fused-ring (bicyclic) bond motifs is 1. The fourth-order valence-electron chi connectivity index (χ4n) is 3.97. The zero-order chi connectivity index (χ0) is 20.4. The molecule has 1 fully saturated rings. The zero-order valence-corrected chi connectivity index (χ0v) is 18.3. The van der Waals surface area contributed by atoms with Gasteiger partial charge in [-0.05, 0) is 44.0 Å². The van der Waals surface area contributed by atoms with Gasteiger partial charge in [-0.2, -0.15) is 0 Å². The van der Waals surface area contributed by atoms with Crippen LogP contribution >= 0.6 is 15.9 Å². The predicted octanol–water partition coefficient (Wildman–Crippen LogP) is 4.91. The molecule has 1 aromatic heterocycles. The number of nitrogens with one attached hydrogen (secondary N) is 1. The minimum atomic E-state index is -0.127. The number of furan rings is 1. The number of hydrogen-bond acceptors (Lipinski definition) is 4. The van der Waals surface area contributed by atoms with E-state index >= 15 is 0 Å². The highest BCUT2D eigenvalue weighted by atomic mass is 79.9. The first-order valence-electron chi connectivity index (χ1n) is 9.89. The molecule has 0 radical (unpaired) electrons. The molecule has 1 aliphatic rings. The van der Waals surface area contributed by atoms with Crippen LogP contribution in [0.4, 0.5) is 0 Å². The summed E-state index contributed by atoms with van der Waals surface area (Å²) in [5, 5.41) is 4.13. The Morgan fingerprint density at radius 1 is 1.24 bits per heavy atom. The summed E-state index contributed by atoms with van der Waals surface area (Å²) in [6, 6.07) is 14.1. The Morgan fingerprint density at radius 2 is 2.00 bits per heavy atom. The lowest BCUT2D eigenvalue weighted by molar-refractivity contribution is 0.0882. The van der Waals surface area contributed by atoms with Crippen LogP contribution in [0.1, 0.15) is 34.5 Å². The van der Waals surface area contributed by atoms with Gasteiger partial charge in [0, 0.05) is 46.7 Å². The summed E-state index contributed by atoms with van der Waals surface area (Å²) in [4.78, 5) is 15.2. The molecule has 0 aliphatic carbocycles. The fraction of sp³-hybridized carbons (Fsp3) is 0.348. The predicted molar refractivity (Wildman–Crippen MR) is 117 cm³/mol. The number of carbonyl (C=O) groups is 1. The van der Waals surface area contributed by atoms with Crippen LogP contribution < -0.4 is 10.1 Å². The Balaban J connectivity index is 1.36. The third kappa shape index (κ3) is 4.33. The summed E-state index contributed by atoms with van der Waals surface area (Å²) in [5.41, 5.74) is 2.82. The van der Waals surface area contributed by atoms with Gasteiger partial charge in [0.15, 0.2) is 5.76 Å². The van der Waals surface area contributed by atoms with E-state index in [-0.39, 0.29) is 11.9 Å². The quantitative estimate of drug-likeness (QED) is 0.592. The van der Waals surface area contributed by atoms with Crippen molar-refractivity contribution in [1.82, 2.24) is 10.2 Å². The smallest absolute Gasteiger partial charge is 0.287 e. The van der Waals surface area contributed by atoms with Crippen LogP contribution in [0.15, 0.2) is 51.4 Å². The van der Waals surface area contributed by atoms with Gasteiger partial charge in [-0.25, -0.2) is 0 Å². The molecule has 1 aliphatic heterocycles. The number of ether oxygens (including phenoxy) is 1. The van der Waals surface area contributed by atoms with Gasteiger partial charge in [0.2, 0.25) is 0 Å². The summed E-state index contributed by atoms with van der Waals surface area (Å²) in [6.45, 7) is 4.68. The number of amides is 1. The third-order valence-electron chi connectivity index (χ3n) is 5.61. The molecule has 0 bridgehead atoms. The van der Waals surface area contributed by atoms with Crippen LogP contribution in [-0.4, -0.2) is 37.0 Å². The van der Waals surface area contributed by atoms with Crippen LogP contribution in [0.3, 0.4) is 0 Å². The maximum Gasteiger partial charge on any atom is 0.287 e. The molecule has 1 amide bonds. The third-order valence-corrected chi connectivity index (χ3v) is 6.11. The molecule has 0 saturated carbocycles. The molecular formula is C23H25BrN2O3. The van der Waals surface area contributed by atoms with Crippen molar-refractivity contribution in [2.45, 2.75) is 32.4 Å². The number of aryl methyl sites for hydroxylation is 1. The fourth-order valence-corrected chi connectivity index (χ4v) is 4.33. The van der Waals surface area contributed by atoms with Gasteiger partial charge in [0.25, 0.3) is 5.91 Å². The molecule has 3 aromatic rings. The highest BCUT2D eigenvalue weighted by Gasteiger charge is 2.24. The van der Waals surface area contributed by atoms with Gasteiger partial charge in [0.05, 0.1) is 7.11 Å². The van der Waals surface area contributed by atoms with E-state index in [1.165, 1.54) is 5.56 Å². The lowest BCUT2D eigenvalue weighted by Crippen LogP contribution is -2.44. The minimum Gasteiger partial charge on any atom is -0.496 e. The highest BCUT2D eigenvalue weighted by molar-refractivity contribution is 9.10. The molecule has 0 spiro atoms. The van der Waals surface area contributed by atoms with Crippen LogP contribution in [0.2, 0.25) is 0 Å². The van der Waals surface area contributed by atoms with Crippen molar-refractivity contribution in [2.24, 2.45) is 0 Å². The average Bonchev–Trinajstić information content (AvgIpc) is 3.06. The number of likely N-dealkylation sites (tertiary alicyclic amines) is 1. The van der Waals surface area contributed by atoms with Crippen molar-refractivity contribution in [1.29, 1.82) is 0 Å². The summed E-state index contributed by atoms with van der Waals surface area (Å²) in [5.74, 6) is 1.21. The van der Waals surface area contributed by atoms with Crippen molar-refractivity contribution in [3.63, 3.8) is 0 Å². The summed E-state index contributed by atoms with van der Waals surface area (Å²) in [7, 11) is 1.71. The van der Waals surface area contributed by atoms with Gasteiger partial charge < -0.3 is 14.5 Å². The van der Waals surface area contributed by atoms with Gasteiger partial charge in [0.1, 0.15) is 11.3 Å². The average molecular weight is 457 g/mol. The van der Waals surface area contributed by atoms with E-state index in [1.54, 1.807) is 7.11 Å². The minimum absolute atomic E-state index is 0.127. The van der Waals surface area contributed by atoms with Crippen molar-refractivity contribution < 1.29 is 13.9 Å². The van der Waals surface area contributed by atoms with E-state index in [4.69, 9.17) is 9.15 Å². The SMILES string of the molecule is COc1ccccc1CN1CCC(NC(=O)c2oc3ccc(Br)cc3c2C)CC1. The van der Waals surface area contributed by atoms with Crippen molar-refractivity contribution in [3.8, 4) is 5.75 Å². The number of piperidine rings is 1. The second-order valence-corrected chi connectivity index (χ2v) is 8.45. The van der Waals surface area contributed by atoms with Gasteiger partial charge in [-0.3, -0.25) is 9.69 Å². The number of methoxy groups -OCH3 is 1. The normalized spacial score (nSPS) is 15.6.